The Morgan fingerprint density at radius 2 is 2.45 bits per heavy atom. The van der Waals surface area contributed by atoms with Crippen molar-refractivity contribution in [3.63, 3.8) is 0 Å². The van der Waals surface area contributed by atoms with Gasteiger partial charge in [0.15, 0.2) is 0 Å². The average molecular weight is 172 g/mol. The molecule has 0 saturated carbocycles. The van der Waals surface area contributed by atoms with E-state index in [1.165, 1.54) is 31.7 Å². The maximum absolute atomic E-state index is 5.47. The van der Waals surface area contributed by atoms with Crippen LogP contribution in [0.2, 0.25) is 0 Å². The maximum Gasteiger partial charge on any atom is 0.0197 e. The third kappa shape index (κ3) is 1.55. The van der Waals surface area contributed by atoms with Gasteiger partial charge in [0.1, 0.15) is 0 Å². The third-order valence-corrected chi connectivity index (χ3v) is 4.05. The number of thioether (sulfide) groups is 1. The average Bonchev–Trinajstić information content (AvgIpc) is 2.60. The molecule has 11 heavy (non-hydrogen) atoms. The second-order valence-corrected chi connectivity index (χ2v) is 4.82. The largest absolute Gasteiger partial charge is 0.330 e. The first-order valence-electron chi connectivity index (χ1n) is 4.46. The topological polar surface area (TPSA) is 29.3 Å². The zero-order chi connectivity index (χ0) is 7.68. The van der Waals surface area contributed by atoms with Crippen LogP contribution >= 0.6 is 11.8 Å². The van der Waals surface area contributed by atoms with Crippen LogP contribution in [0, 0.1) is 0 Å². The molecule has 0 amide bonds. The second-order valence-electron chi connectivity index (χ2n) is 3.48. The van der Waals surface area contributed by atoms with Crippen LogP contribution in [0.5, 0.6) is 0 Å². The Morgan fingerprint density at radius 1 is 1.55 bits per heavy atom. The quantitative estimate of drug-likeness (QED) is 0.673. The predicted octanol–water partition coefficient (Wildman–Crippen LogP) is 0.525. The lowest BCUT2D eigenvalue weighted by Gasteiger charge is -2.25. The van der Waals surface area contributed by atoms with Crippen LogP contribution in [0.4, 0.5) is 0 Å². The predicted molar refractivity (Wildman–Crippen MR) is 49.9 cm³/mol. The van der Waals surface area contributed by atoms with Crippen LogP contribution in [0.15, 0.2) is 0 Å². The molecule has 2 atom stereocenters. The molecule has 0 radical (unpaired) electrons. The molecule has 2 N–H and O–H groups in total. The molecule has 0 aromatic heterocycles. The van der Waals surface area contributed by atoms with Crippen molar-refractivity contribution in [1.29, 1.82) is 0 Å². The number of nitrogens with two attached hydrogens (primary N) is 1. The van der Waals surface area contributed by atoms with Crippen molar-refractivity contribution in [2.75, 3.05) is 25.4 Å². The minimum Gasteiger partial charge on any atom is -0.330 e. The minimum absolute atomic E-state index is 0.848. The van der Waals surface area contributed by atoms with Crippen molar-refractivity contribution in [3.05, 3.63) is 0 Å². The minimum atomic E-state index is 0.848. The van der Waals surface area contributed by atoms with Crippen molar-refractivity contribution in [1.82, 2.24) is 4.90 Å². The van der Waals surface area contributed by atoms with Crippen molar-refractivity contribution in [2.24, 2.45) is 5.73 Å². The zero-order valence-corrected chi connectivity index (χ0v) is 7.65. The molecule has 2 nitrogen and oxygen atoms in total. The lowest BCUT2D eigenvalue weighted by Crippen LogP contribution is -2.35. The van der Waals surface area contributed by atoms with Gasteiger partial charge in [-0.25, -0.2) is 0 Å². The molecule has 0 spiro atoms. The molecule has 2 rings (SSSR count). The first-order chi connectivity index (χ1) is 5.40. The Kier molecular flexibility index (Phi) is 2.39. The summed E-state index contributed by atoms with van der Waals surface area (Å²) in [7, 11) is 0. The van der Waals surface area contributed by atoms with Crippen LogP contribution in [-0.2, 0) is 0 Å². The van der Waals surface area contributed by atoms with Crippen molar-refractivity contribution in [3.8, 4) is 0 Å². The first-order valence-corrected chi connectivity index (χ1v) is 5.51. The Labute approximate surface area is 72.5 Å². The normalized spacial score (nSPS) is 36.8. The molecule has 2 fully saturated rings. The summed E-state index contributed by atoms with van der Waals surface area (Å²) < 4.78 is 0. The molecule has 2 unspecified atom stereocenters. The number of likely N-dealkylation sites (tertiary alicyclic amines) is 1. The van der Waals surface area contributed by atoms with Crippen molar-refractivity contribution >= 4 is 11.8 Å². The highest BCUT2D eigenvalue weighted by atomic mass is 32.2. The van der Waals surface area contributed by atoms with E-state index in [1.54, 1.807) is 0 Å². The van der Waals surface area contributed by atoms with Gasteiger partial charge in [-0.05, 0) is 25.9 Å². The lowest BCUT2D eigenvalue weighted by molar-refractivity contribution is 0.268. The van der Waals surface area contributed by atoms with Gasteiger partial charge in [-0.3, -0.25) is 4.90 Å². The van der Waals surface area contributed by atoms with E-state index in [4.69, 9.17) is 5.73 Å². The van der Waals surface area contributed by atoms with Gasteiger partial charge in [-0.1, -0.05) is 0 Å². The van der Waals surface area contributed by atoms with Crippen molar-refractivity contribution in [2.45, 2.75) is 24.1 Å². The molecular formula is C8H16N2S. The smallest absolute Gasteiger partial charge is 0.0197 e. The highest BCUT2D eigenvalue weighted by molar-refractivity contribution is 8.00. The van der Waals surface area contributed by atoms with E-state index in [2.05, 4.69) is 16.7 Å². The molecule has 0 aliphatic carbocycles. The van der Waals surface area contributed by atoms with Crippen molar-refractivity contribution < 1.29 is 0 Å². The summed E-state index contributed by atoms with van der Waals surface area (Å²) in [4.78, 5) is 2.62. The van der Waals surface area contributed by atoms with Crippen LogP contribution < -0.4 is 5.73 Å². The molecule has 2 saturated heterocycles. The molecule has 2 heterocycles. The van der Waals surface area contributed by atoms with Gasteiger partial charge < -0.3 is 5.73 Å². The Morgan fingerprint density at radius 3 is 3.00 bits per heavy atom. The van der Waals surface area contributed by atoms with Gasteiger partial charge in [0, 0.05) is 23.6 Å². The Hall–Kier alpha value is 0.270. The summed E-state index contributed by atoms with van der Waals surface area (Å²) in [5, 5.41) is 0.956. The molecule has 64 valence electrons. The molecule has 2 aliphatic rings. The van der Waals surface area contributed by atoms with Crippen LogP contribution in [-0.4, -0.2) is 41.6 Å². The number of hydrogen-bond donors (Lipinski definition) is 1. The Bertz CT molecular complexity index is 140. The highest BCUT2D eigenvalue weighted by Gasteiger charge is 2.37. The molecule has 0 aromatic rings. The standard InChI is InChI=1S/C8H16N2S/c9-2-1-3-10-5-8-4-7(10)6-11-8/h7-8H,1-6,9H2. The summed E-state index contributed by atoms with van der Waals surface area (Å²) in [6, 6.07) is 0.900. The van der Waals surface area contributed by atoms with Gasteiger partial charge in [-0.15, -0.1) is 0 Å². The lowest BCUT2D eigenvalue weighted by atomic mass is 10.2. The van der Waals surface area contributed by atoms with Crippen LogP contribution in [0.1, 0.15) is 12.8 Å². The molecule has 0 aromatic carbocycles. The van der Waals surface area contributed by atoms with Gasteiger partial charge in [-0.2, -0.15) is 11.8 Å². The van der Waals surface area contributed by atoms with Crippen LogP contribution in [0.3, 0.4) is 0 Å². The Balaban J connectivity index is 1.78. The summed E-state index contributed by atoms with van der Waals surface area (Å²) >= 11 is 2.16. The number of hydrogen-bond acceptors (Lipinski definition) is 3. The van der Waals surface area contributed by atoms with E-state index in [1.807, 2.05) is 0 Å². The second kappa shape index (κ2) is 3.33. The molecule has 3 heteroatoms. The molecule has 2 aliphatic heterocycles. The molecular weight excluding hydrogens is 156 g/mol. The van der Waals surface area contributed by atoms with Gasteiger partial charge in [0.25, 0.3) is 0 Å². The van der Waals surface area contributed by atoms with E-state index in [0.717, 1.165) is 17.8 Å². The molecule has 2 bridgehead atoms. The van der Waals surface area contributed by atoms with E-state index in [-0.39, 0.29) is 0 Å². The summed E-state index contributed by atoms with van der Waals surface area (Å²) in [5.41, 5.74) is 5.47. The summed E-state index contributed by atoms with van der Waals surface area (Å²) in [5.74, 6) is 1.37. The summed E-state index contributed by atoms with van der Waals surface area (Å²) in [6.45, 7) is 3.41. The SMILES string of the molecule is NCCCN1CC2CC1CS2. The van der Waals surface area contributed by atoms with Gasteiger partial charge in [0.05, 0.1) is 0 Å². The van der Waals surface area contributed by atoms with Gasteiger partial charge >= 0.3 is 0 Å². The number of fused-ring (bicyclic) bond motifs is 2. The fourth-order valence-corrected chi connectivity index (χ4v) is 3.54. The van der Waals surface area contributed by atoms with E-state index < -0.39 is 0 Å². The zero-order valence-electron chi connectivity index (χ0n) is 6.83. The fraction of sp³-hybridized carbons (Fsp3) is 1.00. The third-order valence-electron chi connectivity index (χ3n) is 2.66. The van der Waals surface area contributed by atoms with Gasteiger partial charge in [0.2, 0.25) is 0 Å². The highest BCUT2D eigenvalue weighted by Crippen LogP contribution is 2.37. The summed E-state index contributed by atoms with van der Waals surface area (Å²) in [6.07, 6.45) is 2.61. The number of rotatable bonds is 3. The van der Waals surface area contributed by atoms with E-state index >= 15 is 0 Å². The van der Waals surface area contributed by atoms with Crippen LogP contribution in [0.25, 0.3) is 0 Å². The first kappa shape index (κ1) is 7.90. The fourth-order valence-electron chi connectivity index (χ4n) is 2.05. The van der Waals surface area contributed by atoms with E-state index in [0.29, 0.717) is 0 Å². The number of nitrogens with zero attached hydrogens (tertiary/aromatic N) is 1. The monoisotopic (exact) mass is 172 g/mol. The maximum atomic E-state index is 5.47. The van der Waals surface area contributed by atoms with E-state index in [9.17, 15) is 0 Å².